The molecule has 27 heavy (non-hydrogen) atoms. The van der Waals surface area contributed by atoms with Gasteiger partial charge in [0.15, 0.2) is 0 Å². The maximum Gasteiger partial charge on any atom is 0.345 e. The molecular formula is C21H19NO4S. The van der Waals surface area contributed by atoms with Crippen LogP contribution < -0.4 is 10.9 Å². The van der Waals surface area contributed by atoms with Gasteiger partial charge in [0.1, 0.15) is 11.3 Å². The summed E-state index contributed by atoms with van der Waals surface area (Å²) in [5.74, 6) is 0.723. The van der Waals surface area contributed by atoms with Crippen LogP contribution in [0.5, 0.6) is 0 Å². The Morgan fingerprint density at radius 2 is 2.07 bits per heavy atom. The molecule has 0 aliphatic carbocycles. The molecule has 0 aliphatic heterocycles. The Morgan fingerprint density at radius 3 is 2.85 bits per heavy atom. The predicted octanol–water partition coefficient (Wildman–Crippen LogP) is 4.66. The Kier molecular flexibility index (Phi) is 4.58. The minimum atomic E-state index is -0.414. The molecule has 1 amide bonds. The monoisotopic (exact) mass is 381 g/mol. The zero-order chi connectivity index (χ0) is 19.0. The fourth-order valence-corrected chi connectivity index (χ4v) is 4.17. The van der Waals surface area contributed by atoms with Gasteiger partial charge in [0.05, 0.1) is 21.2 Å². The van der Waals surface area contributed by atoms with Crippen molar-refractivity contribution in [1.29, 1.82) is 0 Å². The molecule has 0 spiro atoms. The number of benzene rings is 1. The number of carbonyl (C=O) groups excluding carboxylic acids is 1. The fraction of sp³-hybridized carbons (Fsp3) is 0.238. The van der Waals surface area contributed by atoms with Crippen LogP contribution in [0, 0.1) is 6.92 Å². The highest BCUT2D eigenvalue weighted by atomic mass is 32.1. The number of fused-ring (bicyclic) bond motifs is 3. The van der Waals surface area contributed by atoms with Crippen LogP contribution in [-0.4, -0.2) is 11.9 Å². The molecule has 4 aromatic rings. The Morgan fingerprint density at radius 1 is 1.22 bits per heavy atom. The third-order valence-electron chi connectivity index (χ3n) is 4.54. The number of carbonyl (C=O) groups is 1. The molecule has 1 aromatic carbocycles. The molecule has 0 saturated carbocycles. The largest absolute Gasteiger partial charge is 0.469 e. The number of nitrogens with one attached hydrogen (secondary N) is 1. The van der Waals surface area contributed by atoms with Crippen LogP contribution in [0.15, 0.2) is 56.3 Å². The van der Waals surface area contributed by atoms with Crippen LogP contribution in [0.4, 0.5) is 0 Å². The van der Waals surface area contributed by atoms with Gasteiger partial charge in [-0.1, -0.05) is 11.6 Å². The van der Waals surface area contributed by atoms with Gasteiger partial charge >= 0.3 is 5.63 Å². The van der Waals surface area contributed by atoms with E-state index in [-0.39, 0.29) is 11.9 Å². The summed E-state index contributed by atoms with van der Waals surface area (Å²) >= 11 is 1.33. The van der Waals surface area contributed by atoms with Crippen molar-refractivity contribution >= 4 is 38.3 Å². The second kappa shape index (κ2) is 7.04. The predicted molar refractivity (Wildman–Crippen MR) is 107 cm³/mol. The van der Waals surface area contributed by atoms with E-state index >= 15 is 0 Å². The number of furan rings is 1. The van der Waals surface area contributed by atoms with Crippen LogP contribution in [0.2, 0.25) is 0 Å². The molecule has 1 atom stereocenters. The third kappa shape index (κ3) is 3.53. The molecular weight excluding hydrogens is 362 g/mol. The van der Waals surface area contributed by atoms with E-state index in [2.05, 4.69) is 5.32 Å². The number of amides is 1. The lowest BCUT2D eigenvalue weighted by atomic mass is 10.1. The minimum absolute atomic E-state index is 0.0109. The lowest BCUT2D eigenvalue weighted by Crippen LogP contribution is -2.32. The lowest BCUT2D eigenvalue weighted by Gasteiger charge is -2.12. The van der Waals surface area contributed by atoms with Crippen molar-refractivity contribution in [3.8, 4) is 0 Å². The van der Waals surface area contributed by atoms with E-state index in [1.807, 2.05) is 38.1 Å². The summed E-state index contributed by atoms with van der Waals surface area (Å²) in [5, 5.41) is 4.31. The van der Waals surface area contributed by atoms with Gasteiger partial charge in [-0.15, -0.1) is 11.3 Å². The van der Waals surface area contributed by atoms with E-state index in [4.69, 9.17) is 8.83 Å². The summed E-state index contributed by atoms with van der Waals surface area (Å²) in [6.07, 6.45) is 3.18. The van der Waals surface area contributed by atoms with Gasteiger partial charge < -0.3 is 14.2 Å². The SMILES string of the molecule is Cc1ccc2oc(=O)c3cc(C(=O)NC(C)CCc4ccco4)sc3c2c1. The average Bonchev–Trinajstić information content (AvgIpc) is 3.31. The van der Waals surface area contributed by atoms with Gasteiger partial charge in [-0.3, -0.25) is 4.79 Å². The quantitative estimate of drug-likeness (QED) is 0.510. The van der Waals surface area contributed by atoms with Gasteiger partial charge in [0, 0.05) is 17.8 Å². The summed E-state index contributed by atoms with van der Waals surface area (Å²) in [7, 11) is 0. The molecule has 0 saturated heterocycles. The molecule has 0 radical (unpaired) electrons. The first-order valence-corrected chi connectivity index (χ1v) is 9.63. The summed E-state index contributed by atoms with van der Waals surface area (Å²) in [6.45, 7) is 3.94. The summed E-state index contributed by atoms with van der Waals surface area (Å²) < 4.78 is 11.5. The van der Waals surface area contributed by atoms with Crippen LogP contribution >= 0.6 is 11.3 Å². The number of hydrogen-bond acceptors (Lipinski definition) is 5. The van der Waals surface area contributed by atoms with Crippen molar-refractivity contribution in [3.05, 3.63) is 69.3 Å². The van der Waals surface area contributed by atoms with Crippen molar-refractivity contribution in [2.45, 2.75) is 32.7 Å². The Hall–Kier alpha value is -2.86. The zero-order valence-corrected chi connectivity index (χ0v) is 15.9. The van der Waals surface area contributed by atoms with Crippen molar-refractivity contribution in [3.63, 3.8) is 0 Å². The zero-order valence-electron chi connectivity index (χ0n) is 15.1. The molecule has 5 nitrogen and oxygen atoms in total. The maximum absolute atomic E-state index is 12.6. The normalized spacial score (nSPS) is 12.5. The lowest BCUT2D eigenvalue weighted by molar-refractivity contribution is 0.0942. The van der Waals surface area contributed by atoms with Crippen LogP contribution in [0.3, 0.4) is 0 Å². The van der Waals surface area contributed by atoms with Gasteiger partial charge in [-0.05, 0) is 50.6 Å². The van der Waals surface area contributed by atoms with E-state index < -0.39 is 5.63 Å². The fourth-order valence-electron chi connectivity index (χ4n) is 3.10. The van der Waals surface area contributed by atoms with Gasteiger partial charge in [-0.25, -0.2) is 4.79 Å². The maximum atomic E-state index is 12.6. The Bertz CT molecular complexity index is 1170. The molecule has 3 aromatic heterocycles. The molecule has 0 aliphatic rings. The highest BCUT2D eigenvalue weighted by molar-refractivity contribution is 7.21. The molecule has 0 fully saturated rings. The molecule has 0 bridgehead atoms. The second-order valence-corrected chi connectivity index (χ2v) is 7.79. The summed E-state index contributed by atoms with van der Waals surface area (Å²) in [6, 6.07) is 11.1. The number of thiophene rings is 1. The summed E-state index contributed by atoms with van der Waals surface area (Å²) in [4.78, 5) is 25.4. The topological polar surface area (TPSA) is 72.5 Å². The van der Waals surface area contributed by atoms with Gasteiger partial charge in [-0.2, -0.15) is 0 Å². The van der Waals surface area contributed by atoms with Crippen molar-refractivity contribution in [1.82, 2.24) is 5.32 Å². The Balaban J connectivity index is 1.58. The van der Waals surface area contributed by atoms with E-state index in [1.54, 1.807) is 18.4 Å². The van der Waals surface area contributed by atoms with E-state index in [0.29, 0.717) is 15.8 Å². The third-order valence-corrected chi connectivity index (χ3v) is 5.71. The smallest absolute Gasteiger partial charge is 0.345 e. The minimum Gasteiger partial charge on any atom is -0.469 e. The molecule has 3 heterocycles. The second-order valence-electron chi connectivity index (χ2n) is 6.74. The molecule has 1 unspecified atom stereocenters. The number of rotatable bonds is 5. The van der Waals surface area contributed by atoms with E-state index in [9.17, 15) is 9.59 Å². The van der Waals surface area contributed by atoms with Crippen LogP contribution in [0.1, 0.15) is 34.3 Å². The van der Waals surface area contributed by atoms with Crippen molar-refractivity contribution in [2.75, 3.05) is 0 Å². The van der Waals surface area contributed by atoms with E-state index in [1.165, 1.54) is 11.3 Å². The van der Waals surface area contributed by atoms with Crippen molar-refractivity contribution in [2.24, 2.45) is 0 Å². The Labute approximate surface area is 159 Å². The molecule has 4 rings (SSSR count). The van der Waals surface area contributed by atoms with Crippen LogP contribution in [0.25, 0.3) is 21.1 Å². The first-order valence-electron chi connectivity index (χ1n) is 8.81. The molecule has 6 heteroatoms. The highest BCUT2D eigenvalue weighted by Gasteiger charge is 2.17. The number of aryl methyl sites for hydroxylation is 2. The first-order chi connectivity index (χ1) is 13.0. The van der Waals surface area contributed by atoms with Crippen LogP contribution in [-0.2, 0) is 6.42 Å². The highest BCUT2D eigenvalue weighted by Crippen LogP contribution is 2.31. The molecule has 138 valence electrons. The average molecular weight is 381 g/mol. The summed E-state index contributed by atoms with van der Waals surface area (Å²) in [5.41, 5.74) is 1.20. The van der Waals surface area contributed by atoms with E-state index in [0.717, 1.165) is 34.3 Å². The first kappa shape index (κ1) is 17.5. The standard InChI is InChI=1S/C21H19NO4S/c1-12-5-8-17-15(10-12)19-16(21(24)26-17)11-18(27-19)20(23)22-13(2)6-7-14-4-3-9-25-14/h3-5,8-11,13H,6-7H2,1-2H3,(H,22,23). The van der Waals surface area contributed by atoms with Gasteiger partial charge in [0.25, 0.3) is 5.91 Å². The van der Waals surface area contributed by atoms with Crippen molar-refractivity contribution < 1.29 is 13.6 Å². The number of hydrogen-bond donors (Lipinski definition) is 1. The van der Waals surface area contributed by atoms with Gasteiger partial charge in [0.2, 0.25) is 0 Å². The molecule has 1 N–H and O–H groups in total.